The van der Waals surface area contributed by atoms with Crippen molar-refractivity contribution in [2.24, 2.45) is 5.10 Å². The Kier molecular flexibility index (Phi) is 5.03. The van der Waals surface area contributed by atoms with E-state index >= 15 is 0 Å². The van der Waals surface area contributed by atoms with Crippen LogP contribution in [0.4, 0.5) is 4.39 Å². The molecule has 0 spiro atoms. The van der Waals surface area contributed by atoms with Crippen molar-refractivity contribution in [3.8, 4) is 5.75 Å². The summed E-state index contributed by atoms with van der Waals surface area (Å²) in [5, 5.41) is 4.39. The van der Waals surface area contributed by atoms with Gasteiger partial charge >= 0.3 is 5.69 Å². The first-order chi connectivity index (χ1) is 14.1. The summed E-state index contributed by atoms with van der Waals surface area (Å²) in [7, 11) is 0. The van der Waals surface area contributed by atoms with E-state index in [0.29, 0.717) is 22.2 Å². The van der Waals surface area contributed by atoms with Gasteiger partial charge in [0.05, 0.1) is 17.1 Å². The topological polar surface area (TPSA) is 76.5 Å². The lowest BCUT2D eigenvalue weighted by Crippen LogP contribution is -2.32. The fraction of sp³-hybridized carbons (Fsp3) is 0.0455. The van der Waals surface area contributed by atoms with Crippen molar-refractivity contribution in [3.05, 3.63) is 111 Å². The molecule has 0 radical (unpaired) electrons. The van der Waals surface area contributed by atoms with Crippen molar-refractivity contribution in [1.29, 1.82) is 0 Å². The Hall–Kier alpha value is -4.00. The monoisotopic (exact) mass is 389 g/mol. The van der Waals surface area contributed by atoms with Crippen LogP contribution in [0.1, 0.15) is 11.1 Å². The van der Waals surface area contributed by atoms with E-state index < -0.39 is 11.2 Å². The van der Waals surface area contributed by atoms with Crippen LogP contribution in [0, 0.1) is 5.82 Å². The number of benzene rings is 3. The number of fused-ring (bicyclic) bond motifs is 1. The van der Waals surface area contributed by atoms with Crippen molar-refractivity contribution in [1.82, 2.24) is 9.66 Å². The molecule has 144 valence electrons. The number of para-hydroxylation sites is 1. The van der Waals surface area contributed by atoms with E-state index in [-0.39, 0.29) is 12.4 Å². The molecule has 29 heavy (non-hydrogen) atoms. The Morgan fingerprint density at radius 3 is 2.59 bits per heavy atom. The van der Waals surface area contributed by atoms with Crippen LogP contribution in [-0.4, -0.2) is 15.9 Å². The van der Waals surface area contributed by atoms with Crippen LogP contribution in [-0.2, 0) is 6.61 Å². The molecule has 6 nitrogen and oxygen atoms in total. The summed E-state index contributed by atoms with van der Waals surface area (Å²) in [6, 6.07) is 19.9. The van der Waals surface area contributed by atoms with Crippen molar-refractivity contribution in [2.45, 2.75) is 6.61 Å². The molecule has 0 saturated heterocycles. The fourth-order valence-corrected chi connectivity index (χ4v) is 2.83. The third kappa shape index (κ3) is 4.14. The summed E-state index contributed by atoms with van der Waals surface area (Å²) >= 11 is 0. The molecule has 0 fully saturated rings. The molecule has 0 atom stereocenters. The van der Waals surface area contributed by atoms with Gasteiger partial charge in [0.15, 0.2) is 0 Å². The molecule has 0 amide bonds. The van der Waals surface area contributed by atoms with Gasteiger partial charge in [0, 0.05) is 0 Å². The standard InChI is InChI=1S/C22H16FN3O3/c23-17-5-3-4-16(12-17)14-29-18-10-8-15(9-11-18)13-24-26-21(27)19-6-1-2-7-20(19)25-22(26)28/h1-13H,14H2,(H,25,28). The van der Waals surface area contributed by atoms with Crippen LogP contribution in [0.2, 0.25) is 0 Å². The molecule has 3 aromatic carbocycles. The second-order valence-electron chi connectivity index (χ2n) is 6.32. The third-order valence-electron chi connectivity index (χ3n) is 4.28. The number of ether oxygens (including phenoxy) is 1. The smallest absolute Gasteiger partial charge is 0.349 e. The van der Waals surface area contributed by atoms with E-state index in [1.54, 1.807) is 60.7 Å². The van der Waals surface area contributed by atoms with Crippen molar-refractivity contribution in [2.75, 3.05) is 0 Å². The van der Waals surface area contributed by atoms with Gasteiger partial charge in [-0.2, -0.15) is 5.10 Å². The average Bonchev–Trinajstić information content (AvgIpc) is 2.73. The lowest BCUT2D eigenvalue weighted by Gasteiger charge is -2.06. The van der Waals surface area contributed by atoms with E-state index in [4.69, 9.17) is 4.74 Å². The number of nitrogens with zero attached hydrogens (tertiary/aromatic N) is 2. The number of nitrogens with one attached hydrogen (secondary N) is 1. The number of aromatic amines is 1. The van der Waals surface area contributed by atoms with E-state index in [1.807, 2.05) is 0 Å². The Bertz CT molecular complexity index is 1310. The average molecular weight is 389 g/mol. The molecule has 4 rings (SSSR count). The minimum Gasteiger partial charge on any atom is -0.489 e. The predicted molar refractivity (Wildman–Crippen MR) is 109 cm³/mol. The zero-order valence-electron chi connectivity index (χ0n) is 15.2. The SMILES string of the molecule is O=c1[nH]c2ccccc2c(=O)n1N=Cc1ccc(OCc2cccc(F)c2)cc1. The van der Waals surface area contributed by atoms with Crippen molar-refractivity contribution >= 4 is 17.1 Å². The van der Waals surface area contributed by atoms with Gasteiger partial charge in [-0.1, -0.05) is 24.3 Å². The zero-order valence-corrected chi connectivity index (χ0v) is 15.2. The Morgan fingerprint density at radius 1 is 1.00 bits per heavy atom. The fourth-order valence-electron chi connectivity index (χ4n) is 2.83. The summed E-state index contributed by atoms with van der Waals surface area (Å²) in [5.74, 6) is 0.295. The quantitative estimate of drug-likeness (QED) is 0.532. The molecule has 4 aromatic rings. The highest BCUT2D eigenvalue weighted by atomic mass is 19.1. The molecule has 1 heterocycles. The highest BCUT2D eigenvalue weighted by Gasteiger charge is 2.05. The highest BCUT2D eigenvalue weighted by molar-refractivity contribution is 5.80. The first-order valence-electron chi connectivity index (χ1n) is 8.86. The molecule has 1 aromatic heterocycles. The Labute approximate surface area is 164 Å². The lowest BCUT2D eigenvalue weighted by molar-refractivity contribution is 0.305. The van der Waals surface area contributed by atoms with Crippen LogP contribution in [0.3, 0.4) is 0 Å². The molecule has 7 heteroatoms. The van der Waals surface area contributed by atoms with E-state index in [9.17, 15) is 14.0 Å². The Morgan fingerprint density at radius 2 is 1.79 bits per heavy atom. The molecule has 0 bridgehead atoms. The normalized spacial score (nSPS) is 11.2. The second kappa shape index (κ2) is 7.93. The van der Waals surface area contributed by atoms with Gasteiger partial charge in [0.25, 0.3) is 5.56 Å². The number of aromatic nitrogens is 2. The van der Waals surface area contributed by atoms with E-state index in [1.165, 1.54) is 18.3 Å². The summed E-state index contributed by atoms with van der Waals surface area (Å²) in [6.07, 6.45) is 1.42. The van der Waals surface area contributed by atoms with Gasteiger partial charge in [-0.15, -0.1) is 4.68 Å². The number of H-pyrrole nitrogens is 1. The maximum absolute atomic E-state index is 13.2. The lowest BCUT2D eigenvalue weighted by atomic mass is 10.2. The molecule has 1 N–H and O–H groups in total. The van der Waals surface area contributed by atoms with Gasteiger partial charge in [-0.25, -0.2) is 9.18 Å². The number of hydrogen-bond donors (Lipinski definition) is 1. The van der Waals surface area contributed by atoms with Crippen LogP contribution >= 0.6 is 0 Å². The van der Waals surface area contributed by atoms with Gasteiger partial charge in [0.1, 0.15) is 18.2 Å². The van der Waals surface area contributed by atoms with Gasteiger partial charge in [-0.05, 0) is 59.7 Å². The van der Waals surface area contributed by atoms with Gasteiger partial charge in [0.2, 0.25) is 0 Å². The second-order valence-corrected chi connectivity index (χ2v) is 6.32. The summed E-state index contributed by atoms with van der Waals surface area (Å²) in [6.45, 7) is 0.243. The first kappa shape index (κ1) is 18.4. The summed E-state index contributed by atoms with van der Waals surface area (Å²) in [5.41, 5.74) is 0.775. The Balaban J connectivity index is 1.50. The zero-order chi connectivity index (χ0) is 20.2. The maximum Gasteiger partial charge on any atom is 0.349 e. The summed E-state index contributed by atoms with van der Waals surface area (Å²) in [4.78, 5) is 27.2. The molecular weight excluding hydrogens is 373 g/mol. The molecule has 0 aliphatic carbocycles. The molecule has 0 aliphatic rings. The van der Waals surface area contributed by atoms with Crippen LogP contribution in [0.15, 0.2) is 87.5 Å². The number of halogens is 1. The maximum atomic E-state index is 13.2. The minimum atomic E-state index is -0.611. The summed E-state index contributed by atoms with van der Waals surface area (Å²) < 4.78 is 19.6. The van der Waals surface area contributed by atoms with Crippen molar-refractivity contribution in [3.63, 3.8) is 0 Å². The molecule has 0 unspecified atom stereocenters. The van der Waals surface area contributed by atoms with Gasteiger partial charge < -0.3 is 9.72 Å². The third-order valence-corrected chi connectivity index (χ3v) is 4.28. The largest absolute Gasteiger partial charge is 0.489 e. The van der Waals surface area contributed by atoms with Crippen LogP contribution < -0.4 is 16.0 Å². The van der Waals surface area contributed by atoms with E-state index in [2.05, 4.69) is 10.1 Å². The molecule has 0 aliphatic heterocycles. The van der Waals surface area contributed by atoms with Crippen molar-refractivity contribution < 1.29 is 9.13 Å². The van der Waals surface area contributed by atoms with Gasteiger partial charge in [-0.3, -0.25) is 4.79 Å². The highest BCUT2D eigenvalue weighted by Crippen LogP contribution is 2.14. The predicted octanol–water partition coefficient (Wildman–Crippen LogP) is 3.29. The first-order valence-corrected chi connectivity index (χ1v) is 8.86. The number of hydrogen-bond acceptors (Lipinski definition) is 4. The van der Waals surface area contributed by atoms with Crippen LogP contribution in [0.5, 0.6) is 5.75 Å². The minimum absolute atomic E-state index is 0.243. The molecular formula is C22H16FN3O3. The number of rotatable bonds is 5. The van der Waals surface area contributed by atoms with E-state index in [0.717, 1.165) is 10.2 Å². The van der Waals surface area contributed by atoms with Crippen LogP contribution in [0.25, 0.3) is 10.9 Å². The molecule has 0 saturated carbocycles.